The van der Waals surface area contributed by atoms with Crippen LogP contribution in [0.4, 0.5) is 5.69 Å². The topological polar surface area (TPSA) is 60.2 Å². The van der Waals surface area contributed by atoms with Gasteiger partial charge in [0.15, 0.2) is 5.70 Å². The number of benzene rings is 1. The molecule has 2 atom stereocenters. The Balaban J connectivity index is 1.59. The Morgan fingerprint density at radius 3 is 2.51 bits per heavy atom. The Labute approximate surface area is 211 Å². The normalized spacial score (nSPS) is 29.2. The lowest BCUT2D eigenvalue weighted by atomic mass is 9.63. The fourth-order valence-electron chi connectivity index (χ4n) is 6.29. The average Bonchev–Trinajstić information content (AvgIpc) is 3.03. The van der Waals surface area contributed by atoms with E-state index < -0.39 is 0 Å². The first kappa shape index (κ1) is 25.0. The zero-order valence-corrected chi connectivity index (χ0v) is 21.9. The zero-order chi connectivity index (χ0) is 25.3. The summed E-state index contributed by atoms with van der Waals surface area (Å²) in [5.41, 5.74) is 7.41. The van der Waals surface area contributed by atoms with Crippen molar-refractivity contribution in [1.82, 2.24) is 5.32 Å². The number of aliphatic imine (C=N–C) groups is 1. The molecule has 0 saturated heterocycles. The minimum atomic E-state index is 0.260. The molecule has 0 heterocycles. The molecule has 3 aliphatic carbocycles. The van der Waals surface area contributed by atoms with E-state index in [1.165, 1.54) is 42.4 Å². The lowest BCUT2D eigenvalue weighted by Crippen LogP contribution is -2.29. The molecule has 1 aromatic carbocycles. The van der Waals surface area contributed by atoms with Crippen molar-refractivity contribution in [2.24, 2.45) is 21.2 Å². The Morgan fingerprint density at radius 1 is 1.20 bits per heavy atom. The molecule has 4 nitrogen and oxygen atoms in total. The minimum Gasteiger partial charge on any atom is -0.383 e. The molecular formula is C31H40N4. The molecule has 2 bridgehead atoms. The van der Waals surface area contributed by atoms with E-state index in [9.17, 15) is 0 Å². The van der Waals surface area contributed by atoms with E-state index in [0.717, 1.165) is 24.2 Å². The van der Waals surface area contributed by atoms with Crippen LogP contribution >= 0.6 is 0 Å². The third kappa shape index (κ3) is 5.78. The Kier molecular flexibility index (Phi) is 6.82. The van der Waals surface area contributed by atoms with Crippen LogP contribution in [0.15, 0.2) is 65.6 Å². The van der Waals surface area contributed by atoms with Crippen LogP contribution in [0.5, 0.6) is 0 Å². The highest BCUT2D eigenvalue weighted by Crippen LogP contribution is 2.58. The van der Waals surface area contributed by atoms with Gasteiger partial charge in [-0.25, -0.2) is 0 Å². The second-order valence-corrected chi connectivity index (χ2v) is 12.2. The molecule has 2 unspecified atom stereocenters. The lowest BCUT2D eigenvalue weighted by molar-refractivity contribution is 0.171. The highest BCUT2D eigenvalue weighted by Gasteiger charge is 2.45. The van der Waals surface area contributed by atoms with Crippen molar-refractivity contribution in [2.45, 2.75) is 72.1 Å². The first-order valence-corrected chi connectivity index (χ1v) is 12.8. The lowest BCUT2D eigenvalue weighted by Gasteiger charge is -2.41. The molecular weight excluding hydrogens is 428 g/mol. The van der Waals surface area contributed by atoms with Crippen molar-refractivity contribution in [2.75, 3.05) is 11.9 Å². The molecule has 1 aromatic rings. The Hall–Kier alpha value is -3.06. The van der Waals surface area contributed by atoms with Crippen molar-refractivity contribution >= 4 is 18.0 Å². The van der Waals surface area contributed by atoms with Crippen LogP contribution in [0.25, 0.3) is 5.57 Å². The van der Waals surface area contributed by atoms with E-state index >= 15 is 0 Å². The standard InChI is InChI=1S/C31H40N4/c1-22(19-34-20-26(18-32)33-6)35-28-8-7-24(15-27(28)23-9-11-29(2,3)12-10-23)25-16-30(4)13-14-31(5,17-25)21-30/h7-9,13-15,20,25,34-35H,1,6,10-12,16-17,19,21H2,2-5H3/b26-20-. The molecule has 1 fully saturated rings. The van der Waals surface area contributed by atoms with Gasteiger partial charge in [-0.05, 0) is 90.7 Å². The summed E-state index contributed by atoms with van der Waals surface area (Å²) in [4.78, 5) is 3.68. The molecule has 0 aromatic heterocycles. The highest BCUT2D eigenvalue weighted by molar-refractivity contribution is 5.78. The fraction of sp³-hybridized carbons (Fsp3) is 0.484. The molecule has 0 spiro atoms. The summed E-state index contributed by atoms with van der Waals surface area (Å²) in [6, 6.07) is 9.00. The number of nitriles is 1. The summed E-state index contributed by atoms with van der Waals surface area (Å²) >= 11 is 0. The second-order valence-electron chi connectivity index (χ2n) is 12.2. The summed E-state index contributed by atoms with van der Waals surface area (Å²) in [7, 11) is 0. The maximum absolute atomic E-state index is 9.01. The van der Waals surface area contributed by atoms with Crippen LogP contribution in [-0.2, 0) is 0 Å². The molecule has 184 valence electrons. The predicted molar refractivity (Wildman–Crippen MR) is 148 cm³/mol. The molecule has 35 heavy (non-hydrogen) atoms. The molecule has 0 radical (unpaired) electrons. The summed E-state index contributed by atoms with van der Waals surface area (Å²) in [6.45, 7) is 17.7. The summed E-state index contributed by atoms with van der Waals surface area (Å²) in [5, 5.41) is 15.7. The van der Waals surface area contributed by atoms with Gasteiger partial charge < -0.3 is 10.6 Å². The summed E-state index contributed by atoms with van der Waals surface area (Å²) in [5.74, 6) is 0.577. The van der Waals surface area contributed by atoms with E-state index in [2.05, 4.69) is 93.0 Å². The maximum atomic E-state index is 9.01. The van der Waals surface area contributed by atoms with Crippen molar-refractivity contribution < 1.29 is 0 Å². The Morgan fingerprint density at radius 2 is 1.91 bits per heavy atom. The largest absolute Gasteiger partial charge is 0.383 e. The molecule has 4 rings (SSSR count). The van der Waals surface area contributed by atoms with Crippen molar-refractivity contribution in [3.63, 3.8) is 0 Å². The van der Waals surface area contributed by atoms with Crippen LogP contribution < -0.4 is 10.6 Å². The average molecular weight is 469 g/mol. The Bertz CT molecular complexity index is 1130. The minimum absolute atomic E-state index is 0.260. The van der Waals surface area contributed by atoms with Gasteiger partial charge in [0.25, 0.3) is 0 Å². The number of anilines is 1. The predicted octanol–water partition coefficient (Wildman–Crippen LogP) is 7.71. The van der Waals surface area contributed by atoms with Crippen LogP contribution in [0, 0.1) is 27.6 Å². The first-order valence-electron chi connectivity index (χ1n) is 12.8. The van der Waals surface area contributed by atoms with Crippen molar-refractivity contribution in [1.29, 1.82) is 5.26 Å². The number of hydrogen-bond acceptors (Lipinski definition) is 4. The molecule has 1 saturated carbocycles. The van der Waals surface area contributed by atoms with Gasteiger partial charge in [0.1, 0.15) is 6.07 Å². The SMILES string of the molecule is C=N/C(C#N)=C\NCC(=C)Nc1ccc(C2CC3(C)C=CC(C)(C2)C3)cc1C1=CCC(C)(C)CC1. The van der Waals surface area contributed by atoms with Gasteiger partial charge in [0.2, 0.25) is 0 Å². The van der Waals surface area contributed by atoms with E-state index in [1.807, 2.05) is 6.07 Å². The third-order valence-corrected chi connectivity index (χ3v) is 8.10. The van der Waals surface area contributed by atoms with Crippen LogP contribution in [0.3, 0.4) is 0 Å². The van der Waals surface area contributed by atoms with Gasteiger partial charge in [-0.3, -0.25) is 4.99 Å². The van der Waals surface area contributed by atoms with Crippen LogP contribution in [-0.4, -0.2) is 13.3 Å². The monoisotopic (exact) mass is 468 g/mol. The van der Waals surface area contributed by atoms with E-state index in [0.29, 0.717) is 28.7 Å². The highest BCUT2D eigenvalue weighted by atomic mass is 15.0. The number of nitrogens with zero attached hydrogens (tertiary/aromatic N) is 2. The van der Waals surface area contributed by atoms with Crippen LogP contribution in [0.1, 0.15) is 83.3 Å². The maximum Gasteiger partial charge on any atom is 0.155 e. The zero-order valence-electron chi connectivity index (χ0n) is 21.9. The van der Waals surface area contributed by atoms with E-state index in [-0.39, 0.29) is 5.70 Å². The molecule has 2 N–H and O–H groups in total. The van der Waals surface area contributed by atoms with E-state index in [1.54, 1.807) is 6.20 Å². The van der Waals surface area contributed by atoms with Crippen molar-refractivity contribution in [3.05, 3.63) is 71.7 Å². The molecule has 0 aliphatic heterocycles. The van der Waals surface area contributed by atoms with E-state index in [4.69, 9.17) is 5.26 Å². The number of rotatable bonds is 8. The number of fused-ring (bicyclic) bond motifs is 2. The van der Waals surface area contributed by atoms with Gasteiger partial charge in [-0.15, -0.1) is 0 Å². The number of hydrogen-bond donors (Lipinski definition) is 2. The van der Waals surface area contributed by atoms with Gasteiger partial charge in [0, 0.05) is 23.1 Å². The van der Waals surface area contributed by atoms with Gasteiger partial charge >= 0.3 is 0 Å². The molecule has 3 aliphatic rings. The van der Waals surface area contributed by atoms with Crippen molar-refractivity contribution in [3.8, 4) is 6.07 Å². The third-order valence-electron chi connectivity index (χ3n) is 8.10. The number of allylic oxidation sites excluding steroid dienone is 5. The smallest absolute Gasteiger partial charge is 0.155 e. The molecule has 0 amide bonds. The summed E-state index contributed by atoms with van der Waals surface area (Å²) < 4.78 is 0. The molecule has 4 heteroatoms. The summed E-state index contributed by atoms with van der Waals surface area (Å²) in [6.07, 6.45) is 16.1. The number of nitrogens with one attached hydrogen (secondary N) is 2. The second kappa shape index (κ2) is 9.53. The van der Waals surface area contributed by atoms with Gasteiger partial charge in [-0.1, -0.05) is 58.6 Å². The van der Waals surface area contributed by atoms with Gasteiger partial charge in [0.05, 0.1) is 6.54 Å². The first-order chi connectivity index (χ1) is 16.5. The van der Waals surface area contributed by atoms with Crippen LogP contribution in [0.2, 0.25) is 0 Å². The van der Waals surface area contributed by atoms with Gasteiger partial charge in [-0.2, -0.15) is 5.26 Å². The fourth-order valence-corrected chi connectivity index (χ4v) is 6.29. The quantitative estimate of drug-likeness (QED) is 0.233.